The largest absolute Gasteiger partial charge is 0.369 e. The maximum atomic E-state index is 14.5. The Balaban J connectivity index is 1.52. The van der Waals surface area contributed by atoms with Gasteiger partial charge in [-0.25, -0.2) is 14.4 Å². The lowest BCUT2D eigenvalue weighted by Crippen LogP contribution is -2.46. The number of amides is 1. The molecule has 202 valence electrons. The second-order valence-corrected chi connectivity index (χ2v) is 10.9. The van der Waals surface area contributed by atoms with Crippen LogP contribution in [-0.2, 0) is 0 Å². The van der Waals surface area contributed by atoms with Crippen molar-refractivity contribution in [1.82, 2.24) is 14.9 Å². The Morgan fingerprint density at radius 2 is 1.87 bits per heavy atom. The van der Waals surface area contributed by atoms with Crippen molar-refractivity contribution in [3.05, 3.63) is 70.1 Å². The number of thioether (sulfide) groups is 1. The first-order chi connectivity index (χ1) is 18.3. The fourth-order valence-corrected chi connectivity index (χ4v) is 5.30. The summed E-state index contributed by atoms with van der Waals surface area (Å²) in [6.45, 7) is 8.78. The summed E-state index contributed by atoms with van der Waals surface area (Å²) in [5, 5.41) is 3.47. The zero-order chi connectivity index (χ0) is 27.2. The molecule has 10 heteroatoms. The fraction of sp³-hybridized carbons (Fsp3) is 0.393. The lowest BCUT2D eigenvalue weighted by atomic mass is 10.1. The molecule has 3 N–H and O–H groups in total. The molecule has 0 bridgehead atoms. The predicted molar refractivity (Wildman–Crippen MR) is 156 cm³/mol. The Labute approximate surface area is 233 Å². The van der Waals surface area contributed by atoms with E-state index in [0.29, 0.717) is 22.1 Å². The lowest BCUT2D eigenvalue weighted by molar-refractivity contribution is 0.0999. The van der Waals surface area contributed by atoms with Gasteiger partial charge in [0.15, 0.2) is 5.82 Å². The Hall–Kier alpha value is -2.88. The zero-order valence-electron chi connectivity index (χ0n) is 22.0. The molecule has 7 nitrogen and oxygen atoms in total. The number of primary amides is 1. The van der Waals surface area contributed by atoms with E-state index in [2.05, 4.69) is 43.5 Å². The van der Waals surface area contributed by atoms with Crippen molar-refractivity contribution < 1.29 is 9.18 Å². The molecule has 4 rings (SSSR count). The van der Waals surface area contributed by atoms with E-state index in [4.69, 9.17) is 17.3 Å². The van der Waals surface area contributed by atoms with Crippen LogP contribution in [0.3, 0.4) is 0 Å². The third-order valence-corrected chi connectivity index (χ3v) is 7.74. The number of benzene rings is 2. The zero-order valence-corrected chi connectivity index (χ0v) is 23.6. The molecule has 1 aliphatic rings. The van der Waals surface area contributed by atoms with Crippen LogP contribution in [0.1, 0.15) is 41.0 Å². The average Bonchev–Trinajstić information content (AvgIpc) is 2.89. The normalized spacial score (nSPS) is 14.9. The second-order valence-electron chi connectivity index (χ2n) is 9.47. The molecule has 1 aromatic heterocycles. The number of hydrogen-bond acceptors (Lipinski definition) is 7. The molecule has 1 fully saturated rings. The van der Waals surface area contributed by atoms with Crippen LogP contribution in [0.15, 0.2) is 42.5 Å². The Bertz CT molecular complexity index is 1270. The molecule has 0 spiro atoms. The minimum absolute atomic E-state index is 0.182. The topological polar surface area (TPSA) is 87.4 Å². The minimum atomic E-state index is -0.650. The number of aryl methyl sites for hydroxylation is 1. The monoisotopic (exact) mass is 556 g/mol. The molecule has 2 heterocycles. The molecule has 0 unspecified atom stereocenters. The van der Waals surface area contributed by atoms with Gasteiger partial charge in [0, 0.05) is 48.0 Å². The molecular formula is C28H34ClFN6OS. The van der Waals surface area contributed by atoms with E-state index >= 15 is 0 Å². The number of nitrogens with two attached hydrogens (primary N) is 1. The summed E-state index contributed by atoms with van der Waals surface area (Å²) in [7, 11) is 0. The summed E-state index contributed by atoms with van der Waals surface area (Å²) in [5.41, 5.74) is 8.67. The fourth-order valence-electron chi connectivity index (χ4n) is 4.72. The van der Waals surface area contributed by atoms with Crippen molar-refractivity contribution in [3.8, 4) is 11.4 Å². The highest BCUT2D eigenvalue weighted by Gasteiger charge is 2.21. The van der Waals surface area contributed by atoms with Gasteiger partial charge in [-0.05, 0) is 75.2 Å². The van der Waals surface area contributed by atoms with E-state index in [0.717, 1.165) is 44.0 Å². The number of nitrogens with one attached hydrogen (secondary N) is 1. The van der Waals surface area contributed by atoms with Crippen LogP contribution in [0.25, 0.3) is 11.4 Å². The first-order valence-electron chi connectivity index (χ1n) is 12.7. The van der Waals surface area contributed by atoms with Gasteiger partial charge in [0.2, 0.25) is 0 Å². The van der Waals surface area contributed by atoms with Gasteiger partial charge in [-0.15, -0.1) is 0 Å². The highest BCUT2D eigenvalue weighted by atomic mass is 35.5. The van der Waals surface area contributed by atoms with Gasteiger partial charge in [0.25, 0.3) is 5.91 Å². The third-order valence-electron chi connectivity index (χ3n) is 6.80. The van der Waals surface area contributed by atoms with Crippen LogP contribution < -0.4 is 16.0 Å². The summed E-state index contributed by atoms with van der Waals surface area (Å²) >= 11 is 7.80. The molecule has 1 saturated heterocycles. The molecule has 38 heavy (non-hydrogen) atoms. The Morgan fingerprint density at radius 3 is 2.50 bits per heavy atom. The van der Waals surface area contributed by atoms with Crippen molar-refractivity contribution in [2.75, 3.05) is 54.9 Å². The molecule has 0 saturated carbocycles. The summed E-state index contributed by atoms with van der Waals surface area (Å²) in [6.07, 6.45) is 3.38. The van der Waals surface area contributed by atoms with Crippen LogP contribution in [0.5, 0.6) is 0 Å². The number of aromatic nitrogens is 2. The maximum absolute atomic E-state index is 14.5. The van der Waals surface area contributed by atoms with E-state index in [1.165, 1.54) is 18.2 Å². The number of carbonyl (C=O) groups is 1. The number of hydrogen-bond donors (Lipinski definition) is 2. The van der Waals surface area contributed by atoms with Crippen molar-refractivity contribution in [1.29, 1.82) is 0 Å². The Kier molecular flexibility index (Phi) is 9.46. The molecule has 3 aromatic rings. The van der Waals surface area contributed by atoms with E-state index in [1.54, 1.807) is 26.0 Å². The van der Waals surface area contributed by atoms with Crippen LogP contribution in [0.2, 0.25) is 5.02 Å². The summed E-state index contributed by atoms with van der Waals surface area (Å²) in [5.74, 6) is 0.842. The van der Waals surface area contributed by atoms with Crippen molar-refractivity contribution >= 4 is 40.8 Å². The summed E-state index contributed by atoms with van der Waals surface area (Å²) in [4.78, 5) is 26.4. The smallest absolute Gasteiger partial charge is 0.254 e. The van der Waals surface area contributed by atoms with Crippen LogP contribution in [0.4, 0.5) is 15.9 Å². The van der Waals surface area contributed by atoms with Crippen molar-refractivity contribution in [2.45, 2.75) is 26.3 Å². The number of carbonyl (C=O) groups excluding carboxylic acids is 1. The summed E-state index contributed by atoms with van der Waals surface area (Å²) < 4.78 is 14.5. The molecular weight excluding hydrogens is 523 g/mol. The van der Waals surface area contributed by atoms with Crippen LogP contribution in [0, 0.1) is 12.7 Å². The molecule has 0 radical (unpaired) electrons. The van der Waals surface area contributed by atoms with Gasteiger partial charge in [-0.2, -0.15) is 11.8 Å². The van der Waals surface area contributed by atoms with E-state index in [1.807, 2.05) is 23.9 Å². The Morgan fingerprint density at radius 1 is 1.16 bits per heavy atom. The van der Waals surface area contributed by atoms with Gasteiger partial charge < -0.3 is 16.0 Å². The standard InChI is InChI=1S/C28H34ClFN6OS/c1-18(23-10-7-21(29)17-24(23)30)32-28-25(26(31)37)19(2)33-27(34-28)20-5-8-22(9-6-20)36-14-12-35(13-15-36)11-4-16-38-3/h5-10,17-18H,4,11-16H2,1-3H3,(H2,31,37)(H,32,33,34)/t18-/m1/s1. The van der Waals surface area contributed by atoms with Gasteiger partial charge in [-0.3, -0.25) is 9.69 Å². The third kappa shape index (κ3) is 6.76. The molecule has 1 atom stereocenters. The van der Waals surface area contributed by atoms with E-state index < -0.39 is 17.8 Å². The first-order valence-corrected chi connectivity index (χ1v) is 14.5. The molecule has 2 aromatic carbocycles. The van der Waals surface area contributed by atoms with Crippen molar-refractivity contribution in [3.63, 3.8) is 0 Å². The molecule has 1 amide bonds. The van der Waals surface area contributed by atoms with Crippen LogP contribution in [-0.4, -0.2) is 65.5 Å². The average molecular weight is 557 g/mol. The lowest BCUT2D eigenvalue weighted by Gasteiger charge is -2.36. The first kappa shape index (κ1) is 28.1. The van der Waals surface area contributed by atoms with Gasteiger partial charge >= 0.3 is 0 Å². The van der Waals surface area contributed by atoms with E-state index in [-0.39, 0.29) is 11.4 Å². The molecule has 0 aliphatic carbocycles. The van der Waals surface area contributed by atoms with E-state index in [9.17, 15) is 9.18 Å². The van der Waals surface area contributed by atoms with Gasteiger partial charge in [0.1, 0.15) is 17.2 Å². The van der Waals surface area contributed by atoms with Gasteiger partial charge in [-0.1, -0.05) is 17.7 Å². The quantitative estimate of drug-likeness (QED) is 0.324. The number of rotatable bonds is 10. The number of piperazine rings is 1. The summed E-state index contributed by atoms with van der Waals surface area (Å²) in [6, 6.07) is 12.1. The second kappa shape index (κ2) is 12.8. The highest BCUT2D eigenvalue weighted by Crippen LogP contribution is 2.29. The van der Waals surface area contributed by atoms with Crippen LogP contribution >= 0.6 is 23.4 Å². The SMILES string of the molecule is CSCCCN1CCN(c2ccc(-c3nc(C)c(C(N)=O)c(N[C@H](C)c4ccc(Cl)cc4F)n3)cc2)CC1. The number of anilines is 2. The van der Waals surface area contributed by atoms with Gasteiger partial charge in [0.05, 0.1) is 11.7 Å². The van der Waals surface area contributed by atoms with Crippen molar-refractivity contribution in [2.24, 2.45) is 5.73 Å². The molecule has 1 aliphatic heterocycles. The minimum Gasteiger partial charge on any atom is -0.369 e. The highest BCUT2D eigenvalue weighted by molar-refractivity contribution is 7.98. The number of nitrogens with zero attached hydrogens (tertiary/aromatic N) is 4. The number of halogens is 2. The predicted octanol–water partition coefficient (Wildman–Crippen LogP) is 5.39. The maximum Gasteiger partial charge on any atom is 0.254 e.